The normalized spacial score (nSPS) is 12.9. The van der Waals surface area contributed by atoms with Crippen molar-refractivity contribution in [3.63, 3.8) is 0 Å². The molecular weight excluding hydrogens is 358 g/mol. The van der Waals surface area contributed by atoms with E-state index in [0.29, 0.717) is 12.8 Å². The first kappa shape index (κ1) is 23.6. The number of rotatable bonds is 11. The maximum atomic E-state index is 12.7. The molecule has 7 nitrogen and oxygen atoms in total. The minimum atomic E-state index is -0.597. The van der Waals surface area contributed by atoms with Crippen molar-refractivity contribution in [2.75, 3.05) is 18.5 Å². The fraction of sp³-hybridized carbons (Fsp3) is 0.571. The molecule has 156 valence electrons. The molecule has 0 fully saturated rings. The van der Waals surface area contributed by atoms with Gasteiger partial charge < -0.3 is 10.2 Å². The molecule has 0 aliphatic heterocycles. The zero-order valence-electron chi connectivity index (χ0n) is 17.3. The molecule has 0 radical (unpaired) electrons. The smallest absolute Gasteiger partial charge is 0.247 e. The Balaban J connectivity index is 2.69. The van der Waals surface area contributed by atoms with E-state index in [4.69, 9.17) is 5.21 Å². The van der Waals surface area contributed by atoms with Gasteiger partial charge in [-0.15, -0.1) is 0 Å². The van der Waals surface area contributed by atoms with Gasteiger partial charge in [0.1, 0.15) is 0 Å². The molecule has 0 unspecified atom stereocenters. The van der Waals surface area contributed by atoms with Gasteiger partial charge in [-0.2, -0.15) is 0 Å². The number of amides is 3. The molecule has 0 heterocycles. The molecule has 1 aromatic carbocycles. The molecule has 3 N–H and O–H groups in total. The number of hydrogen-bond donors (Lipinski definition) is 3. The summed E-state index contributed by atoms with van der Waals surface area (Å²) >= 11 is 0. The zero-order valence-corrected chi connectivity index (χ0v) is 17.3. The predicted molar refractivity (Wildman–Crippen MR) is 109 cm³/mol. The summed E-state index contributed by atoms with van der Waals surface area (Å²) in [6.07, 6.45) is 1.92. The highest BCUT2D eigenvalue weighted by Crippen LogP contribution is 2.25. The number of carbonyl (C=O) groups is 3. The van der Waals surface area contributed by atoms with E-state index < -0.39 is 17.7 Å². The van der Waals surface area contributed by atoms with E-state index in [-0.39, 0.29) is 30.7 Å². The van der Waals surface area contributed by atoms with Crippen LogP contribution in [0.1, 0.15) is 46.5 Å². The highest BCUT2D eigenvalue weighted by atomic mass is 16.5. The fourth-order valence-corrected chi connectivity index (χ4v) is 3.26. The molecule has 0 aliphatic rings. The van der Waals surface area contributed by atoms with Crippen LogP contribution in [0.2, 0.25) is 0 Å². The summed E-state index contributed by atoms with van der Waals surface area (Å²) in [5.41, 5.74) is 2.48. The summed E-state index contributed by atoms with van der Waals surface area (Å²) in [4.78, 5) is 38.7. The number of para-hydroxylation sites is 1. The van der Waals surface area contributed by atoms with E-state index in [1.54, 1.807) is 17.4 Å². The SMILES string of the molecule is CCC[C@H](C(=O)NO)[C@@H](CC(C)C)C(=O)NCCC(=O)N(C)c1ccccc1. The molecule has 1 aromatic rings. The van der Waals surface area contributed by atoms with Crippen LogP contribution >= 0.6 is 0 Å². The van der Waals surface area contributed by atoms with Crippen LogP contribution in [-0.4, -0.2) is 36.5 Å². The van der Waals surface area contributed by atoms with Crippen molar-refractivity contribution < 1.29 is 19.6 Å². The highest BCUT2D eigenvalue weighted by molar-refractivity contribution is 5.93. The molecule has 0 aromatic heterocycles. The Morgan fingerprint density at radius 3 is 2.25 bits per heavy atom. The van der Waals surface area contributed by atoms with Crippen molar-refractivity contribution in [2.24, 2.45) is 17.8 Å². The monoisotopic (exact) mass is 391 g/mol. The van der Waals surface area contributed by atoms with Gasteiger partial charge in [0.25, 0.3) is 0 Å². The second-order valence-electron chi connectivity index (χ2n) is 7.44. The lowest BCUT2D eigenvalue weighted by Crippen LogP contribution is -2.43. The minimum absolute atomic E-state index is 0.106. The minimum Gasteiger partial charge on any atom is -0.355 e. The van der Waals surface area contributed by atoms with Crippen LogP contribution in [0.5, 0.6) is 0 Å². The first-order valence-corrected chi connectivity index (χ1v) is 9.85. The number of nitrogens with zero attached hydrogens (tertiary/aromatic N) is 1. The van der Waals surface area contributed by atoms with Crippen molar-refractivity contribution in [1.29, 1.82) is 0 Å². The third kappa shape index (κ3) is 7.31. The molecule has 0 saturated carbocycles. The molecular formula is C21H33N3O4. The number of carbonyl (C=O) groups excluding carboxylic acids is 3. The van der Waals surface area contributed by atoms with Crippen molar-refractivity contribution in [3.05, 3.63) is 30.3 Å². The predicted octanol–water partition coefficient (Wildman–Crippen LogP) is 2.74. The fourth-order valence-electron chi connectivity index (χ4n) is 3.26. The Labute approximate surface area is 167 Å². The summed E-state index contributed by atoms with van der Waals surface area (Å²) in [6, 6.07) is 9.29. The second-order valence-corrected chi connectivity index (χ2v) is 7.44. The van der Waals surface area contributed by atoms with E-state index in [1.165, 1.54) is 0 Å². The Morgan fingerprint density at radius 1 is 1.07 bits per heavy atom. The Kier molecular flexibility index (Phi) is 10.2. The van der Waals surface area contributed by atoms with E-state index in [9.17, 15) is 14.4 Å². The lowest BCUT2D eigenvalue weighted by atomic mass is 9.81. The standard InChI is InChI=1S/C21H33N3O4/c1-5-9-17(21(27)23-28)18(14-15(2)3)20(26)22-13-12-19(25)24(4)16-10-7-6-8-11-16/h6-8,10-11,15,17-18,28H,5,9,12-14H2,1-4H3,(H,22,26)(H,23,27)/t17-,18+/m0/s1. The van der Waals surface area contributed by atoms with E-state index in [2.05, 4.69) is 5.32 Å². The highest BCUT2D eigenvalue weighted by Gasteiger charge is 2.33. The molecule has 3 amide bonds. The first-order chi connectivity index (χ1) is 13.3. The van der Waals surface area contributed by atoms with Crippen molar-refractivity contribution in [1.82, 2.24) is 10.8 Å². The van der Waals surface area contributed by atoms with E-state index in [1.807, 2.05) is 51.1 Å². The van der Waals surface area contributed by atoms with Crippen LogP contribution in [-0.2, 0) is 14.4 Å². The third-order valence-corrected chi connectivity index (χ3v) is 4.75. The van der Waals surface area contributed by atoms with Gasteiger partial charge in [-0.25, -0.2) is 5.48 Å². The quantitative estimate of drug-likeness (QED) is 0.399. The molecule has 0 bridgehead atoms. The van der Waals surface area contributed by atoms with Crippen molar-refractivity contribution in [3.8, 4) is 0 Å². The molecule has 7 heteroatoms. The number of nitrogens with one attached hydrogen (secondary N) is 2. The Hall–Kier alpha value is -2.41. The summed E-state index contributed by atoms with van der Waals surface area (Å²) in [5, 5.41) is 11.8. The molecule has 2 atom stereocenters. The average Bonchev–Trinajstić information content (AvgIpc) is 2.69. The second kappa shape index (κ2) is 12.1. The van der Waals surface area contributed by atoms with Crippen LogP contribution in [0.4, 0.5) is 5.69 Å². The lowest BCUT2D eigenvalue weighted by Gasteiger charge is -2.26. The van der Waals surface area contributed by atoms with E-state index in [0.717, 1.165) is 12.1 Å². The molecule has 28 heavy (non-hydrogen) atoms. The van der Waals surface area contributed by atoms with Crippen LogP contribution in [0.3, 0.4) is 0 Å². The van der Waals surface area contributed by atoms with Gasteiger partial charge >= 0.3 is 0 Å². The average molecular weight is 392 g/mol. The topological polar surface area (TPSA) is 98.7 Å². The van der Waals surface area contributed by atoms with Crippen LogP contribution in [0.25, 0.3) is 0 Å². The largest absolute Gasteiger partial charge is 0.355 e. The molecule has 0 spiro atoms. The number of hydrogen-bond acceptors (Lipinski definition) is 4. The maximum Gasteiger partial charge on any atom is 0.247 e. The molecule has 0 aliphatic carbocycles. The van der Waals surface area contributed by atoms with Crippen LogP contribution in [0, 0.1) is 17.8 Å². The molecule has 1 rings (SSSR count). The summed E-state index contributed by atoms with van der Waals surface area (Å²) in [5.74, 6) is -1.83. The Bertz CT molecular complexity index is 634. The number of benzene rings is 1. The van der Waals surface area contributed by atoms with Gasteiger partial charge in [0.15, 0.2) is 0 Å². The van der Waals surface area contributed by atoms with Gasteiger partial charge in [-0.1, -0.05) is 45.4 Å². The van der Waals surface area contributed by atoms with Gasteiger partial charge in [-0.3, -0.25) is 19.6 Å². The van der Waals surface area contributed by atoms with Crippen LogP contribution in [0.15, 0.2) is 30.3 Å². The van der Waals surface area contributed by atoms with Crippen molar-refractivity contribution in [2.45, 2.75) is 46.5 Å². The third-order valence-electron chi connectivity index (χ3n) is 4.75. The van der Waals surface area contributed by atoms with Gasteiger partial charge in [0.05, 0.1) is 5.92 Å². The van der Waals surface area contributed by atoms with Gasteiger partial charge in [0, 0.05) is 31.6 Å². The first-order valence-electron chi connectivity index (χ1n) is 9.85. The molecule has 0 saturated heterocycles. The Morgan fingerprint density at radius 2 is 1.71 bits per heavy atom. The number of hydroxylamine groups is 1. The van der Waals surface area contributed by atoms with Crippen LogP contribution < -0.4 is 15.7 Å². The van der Waals surface area contributed by atoms with E-state index >= 15 is 0 Å². The van der Waals surface area contributed by atoms with Gasteiger partial charge in [-0.05, 0) is 30.9 Å². The zero-order chi connectivity index (χ0) is 21.1. The lowest BCUT2D eigenvalue weighted by molar-refractivity contribution is -0.141. The maximum absolute atomic E-state index is 12.7. The summed E-state index contributed by atoms with van der Waals surface area (Å²) in [7, 11) is 1.70. The van der Waals surface area contributed by atoms with Crippen molar-refractivity contribution >= 4 is 23.4 Å². The number of anilines is 1. The summed E-state index contributed by atoms with van der Waals surface area (Å²) in [6.45, 7) is 6.10. The summed E-state index contributed by atoms with van der Waals surface area (Å²) < 4.78 is 0. The van der Waals surface area contributed by atoms with Gasteiger partial charge in [0.2, 0.25) is 17.7 Å².